The van der Waals surface area contributed by atoms with Crippen molar-refractivity contribution in [3.05, 3.63) is 77.3 Å². The highest BCUT2D eigenvalue weighted by molar-refractivity contribution is 5.81. The van der Waals surface area contributed by atoms with Gasteiger partial charge in [0, 0.05) is 31.2 Å². The van der Waals surface area contributed by atoms with Gasteiger partial charge in [-0.3, -0.25) is 9.13 Å². The van der Waals surface area contributed by atoms with Gasteiger partial charge in [-0.15, -0.1) is 0 Å². The molecule has 0 radical (unpaired) electrons. The minimum absolute atomic E-state index is 0.0659. The van der Waals surface area contributed by atoms with Crippen LogP contribution in [-0.4, -0.2) is 32.2 Å². The summed E-state index contributed by atoms with van der Waals surface area (Å²) in [6.07, 6.45) is 3.74. The summed E-state index contributed by atoms with van der Waals surface area (Å²) in [5.41, 5.74) is 2.89. The Balaban J connectivity index is 1.34. The van der Waals surface area contributed by atoms with Crippen molar-refractivity contribution in [1.82, 2.24) is 19.1 Å². The molecule has 7 nitrogen and oxygen atoms in total. The number of hydrogen-bond donors (Lipinski definition) is 0. The van der Waals surface area contributed by atoms with Crippen LogP contribution in [0.2, 0.25) is 0 Å². The van der Waals surface area contributed by atoms with Crippen LogP contribution < -0.4 is 10.6 Å². The Kier molecular flexibility index (Phi) is 4.75. The number of para-hydroxylation sites is 3. The molecule has 0 unspecified atom stereocenters. The first-order valence-corrected chi connectivity index (χ1v) is 11.5. The first-order chi connectivity index (χ1) is 16.2. The van der Waals surface area contributed by atoms with Crippen molar-refractivity contribution in [3.8, 4) is 11.6 Å². The number of hydrogen-bond acceptors (Lipinski definition) is 5. The van der Waals surface area contributed by atoms with Crippen LogP contribution in [0.4, 0.5) is 5.82 Å². The van der Waals surface area contributed by atoms with Crippen molar-refractivity contribution in [2.45, 2.75) is 32.4 Å². The molecule has 5 aromatic rings. The molecule has 1 atom stereocenters. The van der Waals surface area contributed by atoms with Crippen molar-refractivity contribution >= 4 is 27.8 Å². The van der Waals surface area contributed by atoms with Gasteiger partial charge >= 0.3 is 5.69 Å². The van der Waals surface area contributed by atoms with E-state index >= 15 is 0 Å². The second-order valence-electron chi connectivity index (χ2n) is 8.51. The number of nitrogens with zero attached hydrogens (tertiary/aromatic N) is 5. The summed E-state index contributed by atoms with van der Waals surface area (Å²) in [5, 5.41) is 1.03. The first kappa shape index (κ1) is 19.8. The molecule has 1 aliphatic rings. The molecule has 1 aliphatic heterocycles. The number of imidazole rings is 1. The zero-order valence-electron chi connectivity index (χ0n) is 18.5. The number of furan rings is 1. The standard InChI is InChI=1S/C26H25N5O2/c1-2-30-20-10-4-5-11-21(20)31(26(30)32)19-9-7-15-29(17-19)24-13-14-27-25(28-24)23-16-18-8-3-6-12-22(18)33-23/h3-6,8,10-14,16,19H,2,7,9,15,17H2,1H3/t19-/m0/s1. The minimum Gasteiger partial charge on any atom is -0.453 e. The van der Waals surface area contributed by atoms with Gasteiger partial charge in [0.2, 0.25) is 0 Å². The van der Waals surface area contributed by atoms with Crippen molar-refractivity contribution in [2.75, 3.05) is 18.0 Å². The number of aromatic nitrogens is 4. The Morgan fingerprint density at radius 1 is 1.06 bits per heavy atom. The average Bonchev–Trinajstić information content (AvgIpc) is 3.42. The van der Waals surface area contributed by atoms with E-state index in [4.69, 9.17) is 9.40 Å². The molecule has 0 amide bonds. The number of anilines is 1. The molecule has 1 saturated heterocycles. The van der Waals surface area contributed by atoms with E-state index in [2.05, 4.69) is 9.88 Å². The van der Waals surface area contributed by atoms with E-state index in [0.717, 1.165) is 53.8 Å². The third-order valence-corrected chi connectivity index (χ3v) is 6.56. The summed E-state index contributed by atoms with van der Waals surface area (Å²) in [5.74, 6) is 2.09. The molecule has 6 rings (SSSR count). The third-order valence-electron chi connectivity index (χ3n) is 6.56. The van der Waals surface area contributed by atoms with Gasteiger partial charge in [0.15, 0.2) is 11.6 Å². The number of benzene rings is 2. The number of piperidine rings is 1. The molecule has 0 bridgehead atoms. The molecule has 0 spiro atoms. The maximum absolute atomic E-state index is 13.3. The largest absolute Gasteiger partial charge is 0.453 e. The quantitative estimate of drug-likeness (QED) is 0.400. The second kappa shape index (κ2) is 7.92. The fourth-order valence-electron chi connectivity index (χ4n) is 5.00. The Bertz CT molecular complexity index is 1480. The van der Waals surface area contributed by atoms with E-state index in [-0.39, 0.29) is 11.7 Å². The fraction of sp³-hybridized carbons (Fsp3) is 0.269. The zero-order chi connectivity index (χ0) is 22.4. The van der Waals surface area contributed by atoms with Crippen LogP contribution in [-0.2, 0) is 6.54 Å². The Hall–Kier alpha value is -3.87. The minimum atomic E-state index is 0.0659. The summed E-state index contributed by atoms with van der Waals surface area (Å²) in [6, 6.07) is 20.0. The SMILES string of the molecule is CCn1c(=O)n([C@H]2CCCN(c3ccnc(-c4cc5ccccc5o4)n3)C2)c2ccccc21. The Morgan fingerprint density at radius 3 is 2.73 bits per heavy atom. The van der Waals surface area contributed by atoms with E-state index in [9.17, 15) is 4.79 Å². The number of rotatable bonds is 4. The summed E-state index contributed by atoms with van der Waals surface area (Å²) in [6.45, 7) is 4.31. The maximum atomic E-state index is 13.3. The van der Waals surface area contributed by atoms with Gasteiger partial charge in [0.25, 0.3) is 0 Å². The van der Waals surface area contributed by atoms with Gasteiger partial charge in [-0.05, 0) is 50.1 Å². The van der Waals surface area contributed by atoms with Crippen LogP contribution in [0.5, 0.6) is 0 Å². The molecular weight excluding hydrogens is 414 g/mol. The molecule has 166 valence electrons. The molecule has 33 heavy (non-hydrogen) atoms. The van der Waals surface area contributed by atoms with Crippen molar-refractivity contribution < 1.29 is 4.42 Å². The first-order valence-electron chi connectivity index (χ1n) is 11.5. The molecule has 3 aromatic heterocycles. The molecule has 1 fully saturated rings. The van der Waals surface area contributed by atoms with Crippen LogP contribution >= 0.6 is 0 Å². The highest BCUT2D eigenvalue weighted by Gasteiger charge is 2.26. The number of fused-ring (bicyclic) bond motifs is 2. The third kappa shape index (κ3) is 3.31. The predicted molar refractivity (Wildman–Crippen MR) is 130 cm³/mol. The zero-order valence-corrected chi connectivity index (χ0v) is 18.5. The normalized spacial score (nSPS) is 16.6. The molecule has 0 aliphatic carbocycles. The second-order valence-corrected chi connectivity index (χ2v) is 8.51. The average molecular weight is 440 g/mol. The van der Waals surface area contributed by atoms with E-state index in [0.29, 0.717) is 18.1 Å². The van der Waals surface area contributed by atoms with Gasteiger partial charge in [-0.25, -0.2) is 14.8 Å². The molecule has 0 saturated carbocycles. The number of aryl methyl sites for hydroxylation is 1. The molecular formula is C26H25N5O2. The van der Waals surface area contributed by atoms with Gasteiger partial charge in [0.05, 0.1) is 17.1 Å². The Labute approximate surface area is 190 Å². The summed E-state index contributed by atoms with van der Waals surface area (Å²) in [4.78, 5) is 24.8. The van der Waals surface area contributed by atoms with E-state index in [1.807, 2.05) is 76.7 Å². The van der Waals surface area contributed by atoms with Crippen LogP contribution in [0.25, 0.3) is 33.6 Å². The highest BCUT2D eigenvalue weighted by atomic mass is 16.3. The smallest absolute Gasteiger partial charge is 0.329 e. The summed E-state index contributed by atoms with van der Waals surface area (Å²) >= 11 is 0. The van der Waals surface area contributed by atoms with Gasteiger partial charge < -0.3 is 9.32 Å². The van der Waals surface area contributed by atoms with E-state index in [1.165, 1.54) is 0 Å². The van der Waals surface area contributed by atoms with Crippen molar-refractivity contribution in [1.29, 1.82) is 0 Å². The van der Waals surface area contributed by atoms with Crippen LogP contribution in [0.1, 0.15) is 25.8 Å². The molecule has 0 N–H and O–H groups in total. The fourth-order valence-corrected chi connectivity index (χ4v) is 5.00. The lowest BCUT2D eigenvalue weighted by Gasteiger charge is -2.34. The van der Waals surface area contributed by atoms with Gasteiger partial charge in [-0.1, -0.05) is 30.3 Å². The molecule has 7 heteroatoms. The lowest BCUT2D eigenvalue weighted by atomic mass is 10.1. The van der Waals surface area contributed by atoms with Crippen molar-refractivity contribution in [2.24, 2.45) is 0 Å². The van der Waals surface area contributed by atoms with Crippen LogP contribution in [0.3, 0.4) is 0 Å². The van der Waals surface area contributed by atoms with Gasteiger partial charge in [0.1, 0.15) is 11.4 Å². The Morgan fingerprint density at radius 2 is 1.88 bits per heavy atom. The topological polar surface area (TPSA) is 69.1 Å². The molecule has 4 heterocycles. The van der Waals surface area contributed by atoms with E-state index < -0.39 is 0 Å². The summed E-state index contributed by atoms with van der Waals surface area (Å²) in [7, 11) is 0. The lowest BCUT2D eigenvalue weighted by Crippen LogP contribution is -2.40. The van der Waals surface area contributed by atoms with Crippen LogP contribution in [0.15, 0.2) is 76.1 Å². The lowest BCUT2D eigenvalue weighted by molar-refractivity contribution is 0.399. The molecule has 2 aromatic carbocycles. The monoisotopic (exact) mass is 439 g/mol. The maximum Gasteiger partial charge on any atom is 0.329 e. The summed E-state index contributed by atoms with van der Waals surface area (Å²) < 4.78 is 9.81. The predicted octanol–water partition coefficient (Wildman–Crippen LogP) is 4.87. The van der Waals surface area contributed by atoms with Crippen LogP contribution in [0, 0.1) is 0 Å². The van der Waals surface area contributed by atoms with Crippen molar-refractivity contribution in [3.63, 3.8) is 0 Å². The highest BCUT2D eigenvalue weighted by Crippen LogP contribution is 2.30. The van der Waals surface area contributed by atoms with Gasteiger partial charge in [-0.2, -0.15) is 0 Å². The van der Waals surface area contributed by atoms with E-state index in [1.54, 1.807) is 6.20 Å².